The third-order valence-corrected chi connectivity index (χ3v) is 4.16. The van der Waals surface area contributed by atoms with Crippen LogP contribution in [0, 0.1) is 0 Å². The van der Waals surface area contributed by atoms with Gasteiger partial charge in [0.25, 0.3) is 0 Å². The van der Waals surface area contributed by atoms with Crippen LogP contribution in [-0.2, 0) is 25.2 Å². The quantitative estimate of drug-likeness (QED) is 0.741. The van der Waals surface area contributed by atoms with Crippen LogP contribution < -0.4 is 11.1 Å². The van der Waals surface area contributed by atoms with Gasteiger partial charge in [0.05, 0.1) is 35.8 Å². The lowest BCUT2D eigenvalue weighted by Gasteiger charge is -2.31. The first kappa shape index (κ1) is 21.3. The van der Waals surface area contributed by atoms with Crippen molar-refractivity contribution in [3.8, 4) is 0 Å². The molecule has 0 bridgehead atoms. The van der Waals surface area contributed by atoms with Gasteiger partial charge < -0.3 is 20.5 Å². The molecule has 6 nitrogen and oxygen atoms in total. The highest BCUT2D eigenvalue weighted by Gasteiger charge is 2.43. The fourth-order valence-electron chi connectivity index (χ4n) is 3.09. The monoisotopic (exact) mass is 398 g/mol. The Kier molecular flexibility index (Phi) is 6.37. The first-order chi connectivity index (χ1) is 13.1. The lowest BCUT2D eigenvalue weighted by atomic mass is 9.79. The Bertz CT molecular complexity index is 804. The summed E-state index contributed by atoms with van der Waals surface area (Å²) in [5, 5.41) is 2.67. The van der Waals surface area contributed by atoms with Crippen molar-refractivity contribution in [1.82, 2.24) is 5.32 Å². The van der Waals surface area contributed by atoms with E-state index in [-0.39, 0.29) is 41.4 Å². The summed E-state index contributed by atoms with van der Waals surface area (Å²) < 4.78 is 50.9. The second kappa shape index (κ2) is 8.37. The number of ether oxygens (including phenoxy) is 2. The van der Waals surface area contributed by atoms with Crippen LogP contribution in [0.1, 0.15) is 37.8 Å². The molecule has 0 saturated heterocycles. The first-order valence-electron chi connectivity index (χ1n) is 8.61. The van der Waals surface area contributed by atoms with Gasteiger partial charge in [-0.05, 0) is 32.4 Å². The van der Waals surface area contributed by atoms with E-state index in [1.54, 1.807) is 13.8 Å². The normalized spacial score (nSPS) is 17.3. The van der Waals surface area contributed by atoms with Crippen LogP contribution in [0.25, 0.3) is 0 Å². The molecule has 1 aliphatic heterocycles. The number of carbonyl (C=O) groups is 2. The third-order valence-electron chi connectivity index (χ3n) is 4.16. The van der Waals surface area contributed by atoms with Crippen LogP contribution in [0.5, 0.6) is 0 Å². The number of allylic oxidation sites excluding steroid dienone is 1. The SMILES string of the molecule is CCOC(=O)C1=C(C)NC(N)=C(C(=O)OCC)C1c1ccccc1C(F)(F)F. The molecule has 1 unspecified atom stereocenters. The molecule has 0 aliphatic carbocycles. The number of esters is 2. The van der Waals surface area contributed by atoms with Gasteiger partial charge in [0, 0.05) is 5.70 Å². The van der Waals surface area contributed by atoms with Gasteiger partial charge in [0.1, 0.15) is 5.82 Å². The first-order valence-corrected chi connectivity index (χ1v) is 8.61. The minimum Gasteiger partial charge on any atom is -0.463 e. The van der Waals surface area contributed by atoms with Crippen molar-refractivity contribution >= 4 is 11.9 Å². The van der Waals surface area contributed by atoms with E-state index in [9.17, 15) is 22.8 Å². The van der Waals surface area contributed by atoms with Gasteiger partial charge in [-0.2, -0.15) is 13.2 Å². The lowest BCUT2D eigenvalue weighted by Crippen LogP contribution is -2.36. The number of carbonyl (C=O) groups excluding carboxylic acids is 2. The number of nitrogens with one attached hydrogen (secondary N) is 1. The maximum Gasteiger partial charge on any atom is 0.416 e. The Hall–Kier alpha value is -2.97. The molecule has 2 rings (SSSR count). The summed E-state index contributed by atoms with van der Waals surface area (Å²) in [6.07, 6.45) is -4.70. The van der Waals surface area contributed by atoms with Crippen LogP contribution >= 0.6 is 0 Å². The number of benzene rings is 1. The second-order valence-electron chi connectivity index (χ2n) is 5.95. The minimum absolute atomic E-state index is 0.0111. The zero-order valence-corrected chi connectivity index (χ0v) is 15.6. The number of alkyl halides is 3. The van der Waals surface area contributed by atoms with Crippen LogP contribution in [0.4, 0.5) is 13.2 Å². The maximum atomic E-state index is 13.6. The van der Waals surface area contributed by atoms with Gasteiger partial charge in [-0.1, -0.05) is 18.2 Å². The van der Waals surface area contributed by atoms with E-state index in [4.69, 9.17) is 15.2 Å². The summed E-state index contributed by atoms with van der Waals surface area (Å²) >= 11 is 0. The summed E-state index contributed by atoms with van der Waals surface area (Å²) in [6, 6.07) is 4.71. The number of hydrogen-bond donors (Lipinski definition) is 2. The highest BCUT2D eigenvalue weighted by molar-refractivity contribution is 6.00. The molecular formula is C19H21F3N2O4. The van der Waals surface area contributed by atoms with E-state index in [1.807, 2.05) is 0 Å². The van der Waals surface area contributed by atoms with Gasteiger partial charge in [-0.25, -0.2) is 9.59 Å². The van der Waals surface area contributed by atoms with Crippen molar-refractivity contribution in [2.45, 2.75) is 32.9 Å². The van der Waals surface area contributed by atoms with Crippen LogP contribution in [0.2, 0.25) is 0 Å². The van der Waals surface area contributed by atoms with Crippen molar-refractivity contribution in [2.75, 3.05) is 13.2 Å². The molecule has 0 saturated carbocycles. The van der Waals surface area contributed by atoms with Crippen molar-refractivity contribution in [2.24, 2.45) is 5.73 Å². The Morgan fingerprint density at radius 1 is 1.07 bits per heavy atom. The highest BCUT2D eigenvalue weighted by atomic mass is 19.4. The van der Waals surface area contributed by atoms with Gasteiger partial charge in [-0.15, -0.1) is 0 Å². The lowest BCUT2D eigenvalue weighted by molar-refractivity contribution is -0.142. The molecule has 0 fully saturated rings. The Labute approximate surface area is 160 Å². The maximum absolute atomic E-state index is 13.6. The summed E-state index contributed by atoms with van der Waals surface area (Å²) in [7, 11) is 0. The van der Waals surface area contributed by atoms with E-state index in [0.717, 1.165) is 6.07 Å². The average Bonchev–Trinajstić information content (AvgIpc) is 2.60. The summed E-state index contributed by atoms with van der Waals surface area (Å²) in [4.78, 5) is 25.1. The molecule has 28 heavy (non-hydrogen) atoms. The molecule has 0 aromatic heterocycles. The number of hydrogen-bond acceptors (Lipinski definition) is 6. The smallest absolute Gasteiger partial charge is 0.416 e. The van der Waals surface area contributed by atoms with E-state index in [2.05, 4.69) is 5.32 Å². The summed E-state index contributed by atoms with van der Waals surface area (Å²) in [5.74, 6) is -3.32. The predicted molar refractivity (Wildman–Crippen MR) is 94.5 cm³/mol. The standard InChI is InChI=1S/C19H21F3N2O4/c1-4-27-17(25)13-10(3)24-16(23)15(18(26)28-5-2)14(13)11-8-6-7-9-12(11)19(20,21)22/h6-9,14,24H,4-5,23H2,1-3H3. The van der Waals surface area contributed by atoms with E-state index >= 15 is 0 Å². The molecule has 0 radical (unpaired) electrons. The fourth-order valence-corrected chi connectivity index (χ4v) is 3.09. The molecule has 1 aliphatic rings. The van der Waals surface area contributed by atoms with E-state index in [1.165, 1.54) is 25.1 Å². The minimum atomic E-state index is -4.70. The van der Waals surface area contributed by atoms with Crippen molar-refractivity contribution in [3.05, 3.63) is 58.1 Å². The molecule has 152 valence electrons. The van der Waals surface area contributed by atoms with E-state index in [0.29, 0.717) is 0 Å². The summed E-state index contributed by atoms with van der Waals surface area (Å²) in [5.41, 5.74) is 4.46. The van der Waals surface area contributed by atoms with Gasteiger partial charge in [0.15, 0.2) is 0 Å². The number of dihydropyridines is 1. The topological polar surface area (TPSA) is 90.6 Å². The zero-order valence-electron chi connectivity index (χ0n) is 15.6. The van der Waals surface area contributed by atoms with Crippen LogP contribution in [0.3, 0.4) is 0 Å². The average molecular weight is 398 g/mol. The van der Waals surface area contributed by atoms with Gasteiger partial charge >= 0.3 is 18.1 Å². The molecule has 9 heteroatoms. The van der Waals surface area contributed by atoms with Gasteiger partial charge in [-0.3, -0.25) is 0 Å². The number of rotatable bonds is 5. The molecule has 1 aromatic rings. The zero-order chi connectivity index (χ0) is 21.1. The largest absolute Gasteiger partial charge is 0.463 e. The molecule has 1 atom stereocenters. The van der Waals surface area contributed by atoms with Crippen LogP contribution in [0.15, 0.2) is 46.9 Å². The Morgan fingerprint density at radius 2 is 1.61 bits per heavy atom. The van der Waals surface area contributed by atoms with Crippen molar-refractivity contribution in [1.29, 1.82) is 0 Å². The number of nitrogens with two attached hydrogens (primary N) is 1. The Morgan fingerprint density at radius 3 is 2.14 bits per heavy atom. The van der Waals surface area contributed by atoms with Crippen molar-refractivity contribution in [3.63, 3.8) is 0 Å². The highest BCUT2D eigenvalue weighted by Crippen LogP contribution is 2.43. The Balaban J connectivity index is 2.78. The second-order valence-corrected chi connectivity index (χ2v) is 5.95. The molecule has 0 amide bonds. The van der Waals surface area contributed by atoms with Crippen LogP contribution in [-0.4, -0.2) is 25.2 Å². The predicted octanol–water partition coefficient (Wildman–Crippen LogP) is 2.96. The van der Waals surface area contributed by atoms with Crippen molar-refractivity contribution < 1.29 is 32.2 Å². The third kappa shape index (κ3) is 4.13. The van der Waals surface area contributed by atoms with Gasteiger partial charge in [0.2, 0.25) is 0 Å². The molecule has 1 heterocycles. The molecule has 3 N–H and O–H groups in total. The molecular weight excluding hydrogens is 377 g/mol. The molecule has 1 aromatic carbocycles. The summed E-state index contributed by atoms with van der Waals surface area (Å²) in [6.45, 7) is 4.60. The fraction of sp³-hybridized carbons (Fsp3) is 0.368. The molecule has 0 spiro atoms. The van der Waals surface area contributed by atoms with E-state index < -0.39 is 29.6 Å². The number of halogens is 3.